The van der Waals surface area contributed by atoms with E-state index in [1.807, 2.05) is 0 Å². The van der Waals surface area contributed by atoms with Gasteiger partial charge in [-0.15, -0.1) is 6.10 Å². The van der Waals surface area contributed by atoms with Crippen molar-refractivity contribution in [1.82, 2.24) is 0 Å². The van der Waals surface area contributed by atoms with Crippen LogP contribution in [0.25, 0.3) is 0 Å². The molecule has 1 nitrogen and oxygen atoms in total. The van der Waals surface area contributed by atoms with E-state index in [0.29, 0.717) is 5.92 Å². The zero-order chi connectivity index (χ0) is 10.8. The molecule has 0 fully saturated rings. The molecule has 3 heteroatoms. The molecule has 0 rings (SSSR count). The molecule has 0 aliphatic rings. The third-order valence-electron chi connectivity index (χ3n) is 3.02. The molecule has 0 aromatic carbocycles. The Morgan fingerprint density at radius 1 is 0.938 bits per heavy atom. The standard InChI is InChI=1S/C13H27O.BH3.Na/c1-4-7-9-12(6-3)11-13(14)10-8-5-2;;/h12-13H,4-11H2,1-3H3;1H3;/q-1;;+1. The Labute approximate surface area is 127 Å². The van der Waals surface area contributed by atoms with Crippen LogP contribution in [0.3, 0.4) is 0 Å². The maximum atomic E-state index is 11.6. The Hall–Kier alpha value is 1.02. The summed E-state index contributed by atoms with van der Waals surface area (Å²) < 4.78 is 0. The fourth-order valence-electron chi connectivity index (χ4n) is 1.90. The van der Waals surface area contributed by atoms with Crippen molar-refractivity contribution < 1.29 is 34.7 Å². The second kappa shape index (κ2) is 16.0. The van der Waals surface area contributed by atoms with Gasteiger partial charge < -0.3 is 5.11 Å². The molecule has 2 unspecified atom stereocenters. The molecule has 0 spiro atoms. The van der Waals surface area contributed by atoms with Crippen molar-refractivity contribution >= 4 is 8.41 Å². The molecule has 0 aliphatic carbocycles. The second-order valence-corrected chi connectivity index (χ2v) is 4.42. The number of hydrogen-bond donors (Lipinski definition) is 0. The van der Waals surface area contributed by atoms with Gasteiger partial charge in [-0.2, -0.15) is 0 Å². The predicted octanol–water partition coefficient (Wildman–Crippen LogP) is -0.668. The molecule has 0 aliphatic heterocycles. The Kier molecular flexibility index (Phi) is 22.3. The first kappa shape index (κ1) is 22.2. The van der Waals surface area contributed by atoms with Crippen LogP contribution in [0, 0.1) is 5.92 Å². The third kappa shape index (κ3) is 13.1. The molecule has 0 aromatic rings. The van der Waals surface area contributed by atoms with Crippen LogP contribution < -0.4 is 34.7 Å². The average molecular weight is 236 g/mol. The van der Waals surface area contributed by atoms with Gasteiger partial charge in [-0.25, -0.2) is 0 Å². The van der Waals surface area contributed by atoms with Crippen LogP contribution in [0.15, 0.2) is 0 Å². The Morgan fingerprint density at radius 3 is 1.88 bits per heavy atom. The molecule has 16 heavy (non-hydrogen) atoms. The van der Waals surface area contributed by atoms with Gasteiger partial charge in [0, 0.05) is 0 Å². The van der Waals surface area contributed by atoms with Crippen LogP contribution in [0.4, 0.5) is 0 Å². The molecule has 0 amide bonds. The molecule has 0 N–H and O–H groups in total. The summed E-state index contributed by atoms with van der Waals surface area (Å²) in [4.78, 5) is 0. The fraction of sp³-hybridized carbons (Fsp3) is 1.00. The molecule has 2 atom stereocenters. The van der Waals surface area contributed by atoms with Gasteiger partial charge in [0.15, 0.2) is 0 Å². The maximum Gasteiger partial charge on any atom is 1.00 e. The Bertz CT molecular complexity index is 123. The first-order valence-electron chi connectivity index (χ1n) is 6.40. The first-order valence-corrected chi connectivity index (χ1v) is 6.40. The van der Waals surface area contributed by atoms with Gasteiger partial charge >= 0.3 is 29.6 Å². The Morgan fingerprint density at radius 2 is 1.44 bits per heavy atom. The number of hydrogen-bond acceptors (Lipinski definition) is 1. The van der Waals surface area contributed by atoms with Gasteiger partial charge in [-0.05, 0) is 5.92 Å². The van der Waals surface area contributed by atoms with E-state index in [0.717, 1.165) is 25.7 Å². The molecule has 0 radical (unpaired) electrons. The summed E-state index contributed by atoms with van der Waals surface area (Å²) in [5.74, 6) is 0.689. The topological polar surface area (TPSA) is 23.1 Å². The van der Waals surface area contributed by atoms with Gasteiger partial charge in [0.25, 0.3) is 0 Å². The fourth-order valence-corrected chi connectivity index (χ4v) is 1.90. The van der Waals surface area contributed by atoms with Crippen molar-refractivity contribution in [2.45, 2.75) is 78.2 Å². The summed E-state index contributed by atoms with van der Waals surface area (Å²) in [6.45, 7) is 6.59. The van der Waals surface area contributed by atoms with E-state index in [1.54, 1.807) is 0 Å². The SMILES string of the molecule is B.CCCCC([O-])CC(CC)CCCC.[Na+]. The van der Waals surface area contributed by atoms with Gasteiger partial charge in [0.1, 0.15) is 0 Å². The molecule has 0 bridgehead atoms. The first-order chi connectivity index (χ1) is 6.74. The molecular formula is C13H30BNaO. The number of rotatable bonds is 9. The van der Waals surface area contributed by atoms with Gasteiger partial charge in [-0.1, -0.05) is 72.1 Å². The van der Waals surface area contributed by atoms with Crippen LogP contribution in [0.2, 0.25) is 0 Å². The quantitative estimate of drug-likeness (QED) is 0.487. The van der Waals surface area contributed by atoms with E-state index in [4.69, 9.17) is 0 Å². The third-order valence-corrected chi connectivity index (χ3v) is 3.02. The zero-order valence-corrected chi connectivity index (χ0v) is 13.2. The average Bonchev–Trinajstić information content (AvgIpc) is 2.21. The van der Waals surface area contributed by atoms with E-state index in [-0.39, 0.29) is 44.1 Å². The van der Waals surface area contributed by atoms with E-state index >= 15 is 0 Å². The summed E-state index contributed by atoms with van der Waals surface area (Å²) in [6, 6.07) is 0. The largest absolute Gasteiger partial charge is 1.00 e. The van der Waals surface area contributed by atoms with E-state index in [2.05, 4.69) is 20.8 Å². The molecule has 0 saturated heterocycles. The summed E-state index contributed by atoms with van der Waals surface area (Å²) >= 11 is 0. The zero-order valence-electron chi connectivity index (χ0n) is 11.2. The van der Waals surface area contributed by atoms with Crippen molar-refractivity contribution in [2.24, 2.45) is 5.92 Å². The summed E-state index contributed by atoms with van der Waals surface area (Å²) in [5, 5.41) is 11.6. The van der Waals surface area contributed by atoms with Crippen LogP contribution in [0.5, 0.6) is 0 Å². The number of unbranched alkanes of at least 4 members (excludes halogenated alkanes) is 2. The summed E-state index contributed by atoms with van der Waals surface area (Å²) in [5.41, 5.74) is 0. The predicted molar refractivity (Wildman–Crippen MR) is 71.2 cm³/mol. The molecule has 0 heterocycles. The van der Waals surface area contributed by atoms with Gasteiger partial charge in [0.05, 0.1) is 8.41 Å². The minimum atomic E-state index is -0.295. The van der Waals surface area contributed by atoms with Crippen molar-refractivity contribution in [1.29, 1.82) is 0 Å². The van der Waals surface area contributed by atoms with Gasteiger partial charge in [-0.3, -0.25) is 0 Å². The van der Waals surface area contributed by atoms with E-state index < -0.39 is 0 Å². The van der Waals surface area contributed by atoms with Crippen LogP contribution >= 0.6 is 0 Å². The van der Waals surface area contributed by atoms with E-state index in [1.165, 1.54) is 25.7 Å². The Balaban J connectivity index is -0.000000845. The van der Waals surface area contributed by atoms with Gasteiger partial charge in [0.2, 0.25) is 0 Å². The smallest absolute Gasteiger partial charge is 0.852 e. The van der Waals surface area contributed by atoms with Crippen LogP contribution in [0.1, 0.15) is 72.1 Å². The monoisotopic (exact) mass is 236 g/mol. The summed E-state index contributed by atoms with van der Waals surface area (Å²) in [6.07, 6.45) is 8.77. The molecule has 0 saturated carbocycles. The van der Waals surface area contributed by atoms with Crippen molar-refractivity contribution in [3.05, 3.63) is 0 Å². The van der Waals surface area contributed by atoms with E-state index in [9.17, 15) is 5.11 Å². The van der Waals surface area contributed by atoms with Crippen LogP contribution in [-0.4, -0.2) is 14.5 Å². The van der Waals surface area contributed by atoms with Crippen LogP contribution in [-0.2, 0) is 0 Å². The molecular weight excluding hydrogens is 206 g/mol. The van der Waals surface area contributed by atoms with Crippen molar-refractivity contribution in [2.75, 3.05) is 0 Å². The molecule has 92 valence electrons. The second-order valence-electron chi connectivity index (χ2n) is 4.42. The van der Waals surface area contributed by atoms with Crippen molar-refractivity contribution in [3.8, 4) is 0 Å². The minimum Gasteiger partial charge on any atom is -0.852 e. The van der Waals surface area contributed by atoms with Crippen molar-refractivity contribution in [3.63, 3.8) is 0 Å². The summed E-state index contributed by atoms with van der Waals surface area (Å²) in [7, 11) is 0. The maximum absolute atomic E-state index is 11.6. The molecule has 0 aromatic heterocycles. The normalized spacial score (nSPS) is 13.5. The minimum absolute atomic E-state index is 0.